The van der Waals surface area contributed by atoms with Gasteiger partial charge < -0.3 is 9.84 Å². The molecule has 2 nitrogen and oxygen atoms in total. The van der Waals surface area contributed by atoms with E-state index < -0.39 is 6.10 Å². The van der Waals surface area contributed by atoms with Gasteiger partial charge in [-0.15, -0.1) is 11.3 Å². The van der Waals surface area contributed by atoms with E-state index in [2.05, 4.69) is 0 Å². The van der Waals surface area contributed by atoms with Crippen LogP contribution in [0.15, 0.2) is 29.6 Å². The smallest absolute Gasteiger partial charge is 0.135 e. The maximum absolute atomic E-state index is 13.2. The lowest BCUT2D eigenvalue weighted by molar-refractivity contribution is 0.218. The highest BCUT2D eigenvalue weighted by Crippen LogP contribution is 2.35. The Kier molecular flexibility index (Phi) is 3.45. The van der Waals surface area contributed by atoms with E-state index in [1.54, 1.807) is 19.2 Å². The first kappa shape index (κ1) is 12.1. The number of aryl methyl sites for hydroxylation is 1. The summed E-state index contributed by atoms with van der Waals surface area (Å²) >= 11 is 1.39. The fraction of sp³-hybridized carbons (Fsp3) is 0.231. The molecule has 0 bridgehead atoms. The monoisotopic (exact) mass is 252 g/mol. The minimum atomic E-state index is -0.847. The van der Waals surface area contributed by atoms with Crippen LogP contribution in [0.3, 0.4) is 0 Å². The van der Waals surface area contributed by atoms with Crippen molar-refractivity contribution in [3.8, 4) is 5.75 Å². The molecule has 4 heteroatoms. The van der Waals surface area contributed by atoms with Crippen molar-refractivity contribution in [1.29, 1.82) is 0 Å². The summed E-state index contributed by atoms with van der Waals surface area (Å²) in [7, 11) is 1.55. The van der Waals surface area contributed by atoms with E-state index in [0.29, 0.717) is 16.2 Å². The predicted molar refractivity (Wildman–Crippen MR) is 66.1 cm³/mol. The molecule has 1 heterocycles. The largest absolute Gasteiger partial charge is 0.495 e. The van der Waals surface area contributed by atoms with Crippen LogP contribution in [0.4, 0.5) is 4.39 Å². The molecule has 1 atom stereocenters. The summed E-state index contributed by atoms with van der Waals surface area (Å²) < 4.78 is 18.3. The van der Waals surface area contributed by atoms with Crippen molar-refractivity contribution in [1.82, 2.24) is 0 Å². The Bertz CT molecular complexity index is 522. The molecule has 0 spiro atoms. The number of rotatable bonds is 3. The Balaban J connectivity index is 2.43. The van der Waals surface area contributed by atoms with E-state index in [9.17, 15) is 9.50 Å². The molecule has 0 fully saturated rings. The highest BCUT2D eigenvalue weighted by molar-refractivity contribution is 7.10. The van der Waals surface area contributed by atoms with Crippen LogP contribution in [-0.4, -0.2) is 12.2 Å². The topological polar surface area (TPSA) is 29.5 Å². The van der Waals surface area contributed by atoms with E-state index in [4.69, 9.17) is 4.74 Å². The lowest BCUT2D eigenvalue weighted by Gasteiger charge is -2.14. The van der Waals surface area contributed by atoms with Crippen LogP contribution >= 0.6 is 11.3 Å². The number of halogens is 1. The first-order chi connectivity index (χ1) is 8.13. The minimum absolute atomic E-state index is 0.347. The quantitative estimate of drug-likeness (QED) is 0.908. The maximum Gasteiger partial charge on any atom is 0.135 e. The molecule has 1 aromatic heterocycles. The van der Waals surface area contributed by atoms with Gasteiger partial charge in [0.2, 0.25) is 0 Å². The van der Waals surface area contributed by atoms with Gasteiger partial charge in [0.1, 0.15) is 17.7 Å². The van der Waals surface area contributed by atoms with Crippen LogP contribution < -0.4 is 4.74 Å². The Hall–Kier alpha value is -1.39. The van der Waals surface area contributed by atoms with Gasteiger partial charge in [-0.1, -0.05) is 6.07 Å². The molecule has 17 heavy (non-hydrogen) atoms. The maximum atomic E-state index is 13.2. The van der Waals surface area contributed by atoms with Gasteiger partial charge >= 0.3 is 0 Å². The lowest BCUT2D eigenvalue weighted by Crippen LogP contribution is -2.02. The third kappa shape index (κ3) is 2.33. The average Bonchev–Trinajstić information content (AvgIpc) is 2.79. The first-order valence-corrected chi connectivity index (χ1v) is 6.07. The fourth-order valence-electron chi connectivity index (χ4n) is 1.72. The number of hydrogen-bond donors (Lipinski definition) is 1. The molecule has 90 valence electrons. The first-order valence-electron chi connectivity index (χ1n) is 5.19. The van der Waals surface area contributed by atoms with Crippen molar-refractivity contribution < 1.29 is 14.2 Å². The van der Waals surface area contributed by atoms with E-state index in [-0.39, 0.29) is 5.82 Å². The SMILES string of the molecule is COc1ccsc1C(O)c1cc(F)ccc1C. The van der Waals surface area contributed by atoms with Gasteiger partial charge in [-0.25, -0.2) is 4.39 Å². The number of benzene rings is 1. The number of methoxy groups -OCH3 is 1. The molecule has 0 saturated heterocycles. The van der Waals surface area contributed by atoms with Crippen molar-refractivity contribution >= 4 is 11.3 Å². The minimum Gasteiger partial charge on any atom is -0.495 e. The highest BCUT2D eigenvalue weighted by atomic mass is 32.1. The molecule has 1 aromatic carbocycles. The van der Waals surface area contributed by atoms with Gasteiger partial charge in [0.05, 0.1) is 12.0 Å². The van der Waals surface area contributed by atoms with Crippen LogP contribution in [0.25, 0.3) is 0 Å². The number of thiophene rings is 1. The Labute approximate surface area is 103 Å². The Morgan fingerprint density at radius 3 is 2.82 bits per heavy atom. The molecule has 0 aliphatic rings. The molecule has 0 radical (unpaired) electrons. The molecular formula is C13H13FO2S. The molecule has 2 rings (SSSR count). The van der Waals surface area contributed by atoms with E-state index in [1.807, 2.05) is 12.3 Å². The number of aliphatic hydroxyl groups is 1. The molecular weight excluding hydrogens is 239 g/mol. The van der Waals surface area contributed by atoms with E-state index in [0.717, 1.165) is 5.56 Å². The third-order valence-corrected chi connectivity index (χ3v) is 3.61. The van der Waals surface area contributed by atoms with E-state index >= 15 is 0 Å². The third-order valence-electron chi connectivity index (χ3n) is 2.66. The van der Waals surface area contributed by atoms with E-state index in [1.165, 1.54) is 23.5 Å². The zero-order chi connectivity index (χ0) is 12.4. The summed E-state index contributed by atoms with van der Waals surface area (Å²) in [6.45, 7) is 1.85. The van der Waals surface area contributed by atoms with Gasteiger partial charge in [0.25, 0.3) is 0 Å². The van der Waals surface area contributed by atoms with Gasteiger partial charge in [0.15, 0.2) is 0 Å². The summed E-state index contributed by atoms with van der Waals surface area (Å²) in [5.74, 6) is 0.284. The second-order valence-corrected chi connectivity index (χ2v) is 4.70. The summed E-state index contributed by atoms with van der Waals surface area (Å²) in [4.78, 5) is 0.696. The zero-order valence-electron chi connectivity index (χ0n) is 9.61. The standard InChI is InChI=1S/C13H13FO2S/c1-8-3-4-9(14)7-10(8)12(15)13-11(16-2)5-6-17-13/h3-7,12,15H,1-2H3. The summed E-state index contributed by atoms with van der Waals surface area (Å²) in [5.41, 5.74) is 1.43. The van der Waals surface area contributed by atoms with Crippen LogP contribution in [0, 0.1) is 12.7 Å². The lowest BCUT2D eigenvalue weighted by atomic mass is 10.0. The molecule has 1 N–H and O–H groups in total. The van der Waals surface area contributed by atoms with Crippen LogP contribution in [0.1, 0.15) is 22.1 Å². The predicted octanol–water partition coefficient (Wildman–Crippen LogP) is 3.29. The van der Waals surface area contributed by atoms with Gasteiger partial charge in [0, 0.05) is 0 Å². The second kappa shape index (κ2) is 4.85. The fourth-order valence-corrected chi connectivity index (χ4v) is 2.59. The normalized spacial score (nSPS) is 12.5. The molecule has 0 aliphatic carbocycles. The van der Waals surface area contributed by atoms with Gasteiger partial charge in [-0.2, -0.15) is 0 Å². The van der Waals surface area contributed by atoms with Crippen molar-refractivity contribution in [2.45, 2.75) is 13.0 Å². The highest BCUT2D eigenvalue weighted by Gasteiger charge is 2.19. The summed E-state index contributed by atoms with van der Waals surface area (Å²) in [5, 5.41) is 12.1. The Morgan fingerprint density at radius 2 is 2.12 bits per heavy atom. The number of aliphatic hydroxyl groups excluding tert-OH is 1. The van der Waals surface area contributed by atoms with Gasteiger partial charge in [-0.3, -0.25) is 0 Å². The van der Waals surface area contributed by atoms with Crippen molar-refractivity contribution in [3.05, 3.63) is 51.5 Å². The molecule has 0 amide bonds. The van der Waals surface area contributed by atoms with Crippen molar-refractivity contribution in [3.63, 3.8) is 0 Å². The number of hydrogen-bond acceptors (Lipinski definition) is 3. The number of ether oxygens (including phenoxy) is 1. The zero-order valence-corrected chi connectivity index (χ0v) is 10.4. The second-order valence-electron chi connectivity index (χ2n) is 3.76. The van der Waals surface area contributed by atoms with Crippen LogP contribution in [0.5, 0.6) is 5.75 Å². The van der Waals surface area contributed by atoms with Crippen molar-refractivity contribution in [2.24, 2.45) is 0 Å². The summed E-state index contributed by atoms with van der Waals surface area (Å²) in [6.07, 6.45) is -0.847. The molecule has 2 aromatic rings. The molecule has 0 saturated carbocycles. The summed E-state index contributed by atoms with van der Waals surface area (Å²) in [6, 6.07) is 6.20. The van der Waals surface area contributed by atoms with Crippen LogP contribution in [0.2, 0.25) is 0 Å². The average molecular weight is 252 g/mol. The van der Waals surface area contributed by atoms with Crippen LogP contribution in [-0.2, 0) is 0 Å². The van der Waals surface area contributed by atoms with Crippen molar-refractivity contribution in [2.75, 3.05) is 7.11 Å². The van der Waals surface area contributed by atoms with Gasteiger partial charge in [-0.05, 0) is 41.6 Å². The Morgan fingerprint density at radius 1 is 1.35 bits per heavy atom. The molecule has 1 unspecified atom stereocenters. The molecule has 0 aliphatic heterocycles.